The number of benzene rings is 1. The van der Waals surface area contributed by atoms with Gasteiger partial charge in [-0.3, -0.25) is 0 Å². The molecule has 0 spiro atoms. The minimum atomic E-state index is -4.78. The van der Waals surface area contributed by atoms with Crippen LogP contribution in [-0.4, -0.2) is 16.2 Å². The predicted molar refractivity (Wildman–Crippen MR) is 66.7 cm³/mol. The van der Waals surface area contributed by atoms with Crippen molar-refractivity contribution in [3.05, 3.63) is 35.4 Å². The molecule has 21 heavy (non-hydrogen) atoms. The Morgan fingerprint density at radius 3 is 2.62 bits per heavy atom. The zero-order chi connectivity index (χ0) is 15.6. The lowest BCUT2D eigenvalue weighted by Gasteiger charge is -2.08. The summed E-state index contributed by atoms with van der Waals surface area (Å²) in [5.41, 5.74) is -1.73. The molecule has 0 fully saturated rings. The maximum atomic E-state index is 13.9. The Morgan fingerprint density at radius 1 is 1.29 bits per heavy atom. The smallest absolute Gasteiger partial charge is 0.334 e. The fourth-order valence-electron chi connectivity index (χ4n) is 1.65. The molecule has 0 atom stereocenters. The third-order valence-electron chi connectivity index (χ3n) is 2.67. The number of hydrogen-bond acceptors (Lipinski definition) is 4. The van der Waals surface area contributed by atoms with Crippen LogP contribution in [0.3, 0.4) is 0 Å². The number of aromatic nitrogens is 2. The van der Waals surface area contributed by atoms with E-state index in [4.69, 9.17) is 4.52 Å². The van der Waals surface area contributed by atoms with Gasteiger partial charge < -0.3 is 9.84 Å². The van der Waals surface area contributed by atoms with E-state index in [2.05, 4.69) is 15.5 Å². The Morgan fingerprint density at radius 2 is 2.00 bits per heavy atom. The molecule has 1 aromatic heterocycles. The van der Waals surface area contributed by atoms with Gasteiger partial charge in [0.25, 0.3) is 5.89 Å². The second kappa shape index (κ2) is 5.80. The Labute approximate surface area is 118 Å². The van der Waals surface area contributed by atoms with Crippen LogP contribution in [0.1, 0.15) is 25.2 Å². The highest BCUT2D eigenvalue weighted by atomic mass is 19.4. The summed E-state index contributed by atoms with van der Waals surface area (Å²) < 4.78 is 56.7. The lowest BCUT2D eigenvalue weighted by Crippen LogP contribution is -2.22. The van der Waals surface area contributed by atoms with Crippen molar-refractivity contribution in [1.29, 1.82) is 0 Å². The van der Waals surface area contributed by atoms with Crippen LogP contribution < -0.4 is 5.32 Å². The first-order valence-corrected chi connectivity index (χ1v) is 6.21. The van der Waals surface area contributed by atoms with E-state index in [1.165, 1.54) is 0 Å². The molecule has 0 saturated carbocycles. The number of nitrogens with one attached hydrogen (secondary N) is 1. The highest BCUT2D eigenvalue weighted by Gasteiger charge is 2.35. The van der Waals surface area contributed by atoms with E-state index in [-0.39, 0.29) is 29.9 Å². The predicted octanol–water partition coefficient (Wildman–Crippen LogP) is 3.39. The highest BCUT2D eigenvalue weighted by molar-refractivity contribution is 5.55. The standard InChI is InChI=1S/C13H13F4N3O/c1-7(2)18-6-10-19-12(21-20-10)8-4-3-5-9(11(8)14)13(15,16)17/h3-5,7,18H,6H2,1-2H3. The lowest BCUT2D eigenvalue weighted by atomic mass is 10.1. The second-order valence-corrected chi connectivity index (χ2v) is 4.72. The molecular formula is C13H13F4N3O. The topological polar surface area (TPSA) is 51.0 Å². The fourth-order valence-corrected chi connectivity index (χ4v) is 1.65. The van der Waals surface area contributed by atoms with Crippen molar-refractivity contribution >= 4 is 0 Å². The maximum Gasteiger partial charge on any atom is 0.419 e. The molecule has 0 saturated heterocycles. The third-order valence-corrected chi connectivity index (χ3v) is 2.67. The Bertz CT molecular complexity index is 622. The molecule has 2 aromatic rings. The first kappa shape index (κ1) is 15.4. The van der Waals surface area contributed by atoms with E-state index in [0.29, 0.717) is 6.07 Å². The number of alkyl halides is 3. The Kier molecular flexibility index (Phi) is 4.26. The molecule has 1 N–H and O–H groups in total. The van der Waals surface area contributed by atoms with E-state index in [9.17, 15) is 17.6 Å². The van der Waals surface area contributed by atoms with Crippen molar-refractivity contribution in [2.45, 2.75) is 32.6 Å². The molecular weight excluding hydrogens is 290 g/mol. The van der Waals surface area contributed by atoms with Gasteiger partial charge in [-0.2, -0.15) is 18.2 Å². The maximum absolute atomic E-state index is 13.9. The van der Waals surface area contributed by atoms with Gasteiger partial charge in [0.1, 0.15) is 5.82 Å². The van der Waals surface area contributed by atoms with Crippen LogP contribution in [-0.2, 0) is 12.7 Å². The summed E-state index contributed by atoms with van der Waals surface area (Å²) in [4.78, 5) is 3.89. The Balaban J connectivity index is 2.31. The minimum Gasteiger partial charge on any atom is -0.334 e. The lowest BCUT2D eigenvalue weighted by molar-refractivity contribution is -0.139. The summed E-state index contributed by atoms with van der Waals surface area (Å²) in [5.74, 6) is -1.45. The quantitative estimate of drug-likeness (QED) is 0.880. The van der Waals surface area contributed by atoms with Gasteiger partial charge in [0.2, 0.25) is 0 Å². The van der Waals surface area contributed by atoms with Gasteiger partial charge in [-0.25, -0.2) is 4.39 Å². The summed E-state index contributed by atoms with van der Waals surface area (Å²) in [5, 5.41) is 6.62. The first-order valence-electron chi connectivity index (χ1n) is 6.21. The average Bonchev–Trinajstić information content (AvgIpc) is 2.83. The largest absolute Gasteiger partial charge is 0.419 e. The van der Waals surface area contributed by atoms with Gasteiger partial charge in [-0.1, -0.05) is 25.1 Å². The monoisotopic (exact) mass is 303 g/mol. The number of rotatable bonds is 4. The van der Waals surface area contributed by atoms with Crippen molar-refractivity contribution in [2.75, 3.05) is 0 Å². The molecule has 0 amide bonds. The normalized spacial score (nSPS) is 12.1. The number of nitrogens with zero attached hydrogens (tertiary/aromatic N) is 2. The Hall–Kier alpha value is -1.96. The van der Waals surface area contributed by atoms with Crippen molar-refractivity contribution in [2.24, 2.45) is 0 Å². The second-order valence-electron chi connectivity index (χ2n) is 4.72. The van der Waals surface area contributed by atoms with Crippen LogP contribution in [0.5, 0.6) is 0 Å². The zero-order valence-corrected chi connectivity index (χ0v) is 11.3. The molecule has 0 bridgehead atoms. The van der Waals surface area contributed by atoms with Crippen LogP contribution in [0.2, 0.25) is 0 Å². The van der Waals surface area contributed by atoms with Crippen LogP contribution in [0.15, 0.2) is 22.7 Å². The molecule has 1 heterocycles. The van der Waals surface area contributed by atoms with Crippen molar-refractivity contribution < 1.29 is 22.1 Å². The molecule has 0 radical (unpaired) electrons. The van der Waals surface area contributed by atoms with Gasteiger partial charge in [0, 0.05) is 6.04 Å². The van der Waals surface area contributed by atoms with Gasteiger partial charge >= 0.3 is 6.18 Å². The first-order chi connectivity index (χ1) is 9.79. The summed E-state index contributed by atoms with van der Waals surface area (Å²) in [6.45, 7) is 4.10. The summed E-state index contributed by atoms with van der Waals surface area (Å²) >= 11 is 0. The van der Waals surface area contributed by atoms with Gasteiger partial charge in [0.15, 0.2) is 5.82 Å². The summed E-state index contributed by atoms with van der Waals surface area (Å²) in [6, 6.07) is 3.10. The SMILES string of the molecule is CC(C)NCc1noc(-c2cccc(C(F)(F)F)c2F)n1. The van der Waals surface area contributed by atoms with Crippen molar-refractivity contribution in [3.63, 3.8) is 0 Å². The number of halogens is 4. The van der Waals surface area contributed by atoms with E-state index in [0.717, 1.165) is 12.1 Å². The third kappa shape index (κ3) is 3.57. The molecule has 8 heteroatoms. The minimum absolute atomic E-state index is 0.178. The van der Waals surface area contributed by atoms with Crippen molar-refractivity contribution in [1.82, 2.24) is 15.5 Å². The van der Waals surface area contributed by atoms with E-state index in [1.54, 1.807) is 0 Å². The van der Waals surface area contributed by atoms with E-state index < -0.39 is 17.6 Å². The molecule has 2 rings (SSSR count). The zero-order valence-electron chi connectivity index (χ0n) is 11.3. The number of hydrogen-bond donors (Lipinski definition) is 1. The van der Waals surface area contributed by atoms with Crippen LogP contribution >= 0.6 is 0 Å². The molecule has 114 valence electrons. The average molecular weight is 303 g/mol. The van der Waals surface area contributed by atoms with E-state index in [1.807, 2.05) is 13.8 Å². The molecule has 4 nitrogen and oxygen atoms in total. The summed E-state index contributed by atoms with van der Waals surface area (Å²) in [7, 11) is 0. The van der Waals surface area contributed by atoms with Crippen molar-refractivity contribution in [3.8, 4) is 11.5 Å². The highest BCUT2D eigenvalue weighted by Crippen LogP contribution is 2.34. The molecule has 1 aromatic carbocycles. The van der Waals surface area contributed by atoms with E-state index >= 15 is 0 Å². The summed E-state index contributed by atoms with van der Waals surface area (Å²) in [6.07, 6.45) is -4.78. The molecule has 0 unspecified atom stereocenters. The van der Waals surface area contributed by atoms with Crippen LogP contribution in [0.25, 0.3) is 11.5 Å². The molecule has 0 aliphatic carbocycles. The van der Waals surface area contributed by atoms with Gasteiger partial charge in [0.05, 0.1) is 17.7 Å². The van der Waals surface area contributed by atoms with Gasteiger partial charge in [-0.15, -0.1) is 0 Å². The van der Waals surface area contributed by atoms with Gasteiger partial charge in [-0.05, 0) is 12.1 Å². The van der Waals surface area contributed by atoms with Crippen LogP contribution in [0, 0.1) is 5.82 Å². The molecule has 0 aliphatic heterocycles. The van der Waals surface area contributed by atoms with Crippen LogP contribution in [0.4, 0.5) is 17.6 Å². The molecule has 0 aliphatic rings. The fraction of sp³-hybridized carbons (Fsp3) is 0.385.